The van der Waals surface area contributed by atoms with Crippen molar-refractivity contribution < 1.29 is 0 Å². The number of fused-ring (bicyclic) bond motifs is 3. The second kappa shape index (κ2) is 14.7. The molecule has 0 spiro atoms. The summed E-state index contributed by atoms with van der Waals surface area (Å²) in [4.78, 5) is 2.38. The van der Waals surface area contributed by atoms with Crippen LogP contribution in [0.2, 0.25) is 0 Å². The van der Waals surface area contributed by atoms with Crippen molar-refractivity contribution in [3.8, 4) is 55.6 Å². The van der Waals surface area contributed by atoms with Crippen LogP contribution >= 0.6 is 11.3 Å². The van der Waals surface area contributed by atoms with Gasteiger partial charge in [-0.1, -0.05) is 158 Å². The number of benzene rings is 9. The molecule has 0 radical (unpaired) electrons. The summed E-state index contributed by atoms with van der Waals surface area (Å²) in [6, 6.07) is 81.3. The number of rotatable bonds is 8. The van der Waals surface area contributed by atoms with Gasteiger partial charge in [0.2, 0.25) is 0 Å². The average molecular weight is 732 g/mol. The maximum absolute atomic E-state index is 2.38. The Morgan fingerprint density at radius 1 is 0.232 bits per heavy atom. The lowest BCUT2D eigenvalue weighted by molar-refractivity contribution is 1.29. The molecule has 0 aliphatic carbocycles. The number of nitrogens with zero attached hydrogens (tertiary/aromatic N) is 1. The van der Waals surface area contributed by atoms with E-state index in [9.17, 15) is 0 Å². The molecule has 0 atom stereocenters. The molecule has 0 saturated heterocycles. The molecule has 0 aliphatic rings. The van der Waals surface area contributed by atoms with Gasteiger partial charge in [0.25, 0.3) is 0 Å². The fourth-order valence-corrected chi connectivity index (χ4v) is 8.87. The number of hydrogen-bond donors (Lipinski definition) is 0. The highest BCUT2D eigenvalue weighted by Crippen LogP contribution is 2.42. The summed E-state index contributed by atoms with van der Waals surface area (Å²) in [6.45, 7) is 0. The van der Waals surface area contributed by atoms with Gasteiger partial charge in [-0.05, 0) is 122 Å². The lowest BCUT2D eigenvalue weighted by atomic mass is 9.93. The minimum Gasteiger partial charge on any atom is -0.310 e. The van der Waals surface area contributed by atoms with Crippen LogP contribution in [-0.4, -0.2) is 0 Å². The maximum Gasteiger partial charge on any atom is 0.0468 e. The van der Waals surface area contributed by atoms with Crippen LogP contribution in [0.3, 0.4) is 0 Å². The summed E-state index contributed by atoms with van der Waals surface area (Å²) in [5.41, 5.74) is 15.4. The quantitative estimate of drug-likeness (QED) is 0.150. The normalized spacial score (nSPS) is 11.2. The van der Waals surface area contributed by atoms with Crippen molar-refractivity contribution in [2.45, 2.75) is 0 Å². The highest BCUT2D eigenvalue weighted by molar-refractivity contribution is 7.25. The monoisotopic (exact) mass is 731 g/mol. The Labute approximate surface area is 332 Å². The van der Waals surface area contributed by atoms with Gasteiger partial charge in [0.15, 0.2) is 0 Å². The van der Waals surface area contributed by atoms with Crippen molar-refractivity contribution in [3.05, 3.63) is 224 Å². The highest BCUT2D eigenvalue weighted by Gasteiger charge is 2.16. The van der Waals surface area contributed by atoms with Crippen LogP contribution in [0, 0.1) is 0 Å². The fraction of sp³-hybridized carbons (Fsp3) is 0. The van der Waals surface area contributed by atoms with Crippen LogP contribution < -0.4 is 4.90 Å². The van der Waals surface area contributed by atoms with Gasteiger partial charge in [-0.3, -0.25) is 0 Å². The molecule has 1 heterocycles. The van der Waals surface area contributed by atoms with Gasteiger partial charge in [-0.25, -0.2) is 0 Å². The van der Waals surface area contributed by atoms with E-state index in [2.05, 4.69) is 229 Å². The third-order valence-corrected chi connectivity index (χ3v) is 11.8. The molecule has 0 N–H and O–H groups in total. The maximum atomic E-state index is 2.38. The minimum atomic E-state index is 1.11. The average Bonchev–Trinajstić information content (AvgIpc) is 3.66. The Hall–Kier alpha value is -7.00. The number of hydrogen-bond acceptors (Lipinski definition) is 2. The lowest BCUT2D eigenvalue weighted by Gasteiger charge is -2.26. The molecule has 0 saturated carbocycles. The van der Waals surface area contributed by atoms with Gasteiger partial charge in [0, 0.05) is 37.2 Å². The van der Waals surface area contributed by atoms with E-state index in [0.29, 0.717) is 0 Å². The van der Waals surface area contributed by atoms with Gasteiger partial charge >= 0.3 is 0 Å². The molecular weight excluding hydrogens is 695 g/mol. The van der Waals surface area contributed by atoms with Crippen molar-refractivity contribution in [1.82, 2.24) is 0 Å². The van der Waals surface area contributed by atoms with Crippen molar-refractivity contribution in [3.63, 3.8) is 0 Å². The summed E-state index contributed by atoms with van der Waals surface area (Å²) in [5, 5.41) is 2.58. The van der Waals surface area contributed by atoms with E-state index in [0.717, 1.165) is 17.1 Å². The van der Waals surface area contributed by atoms with Gasteiger partial charge in [-0.15, -0.1) is 11.3 Å². The Morgan fingerprint density at radius 2 is 0.571 bits per heavy atom. The van der Waals surface area contributed by atoms with Crippen LogP contribution in [0.1, 0.15) is 0 Å². The zero-order valence-electron chi connectivity index (χ0n) is 30.7. The molecule has 10 aromatic rings. The first-order valence-corrected chi connectivity index (χ1v) is 19.9. The van der Waals surface area contributed by atoms with E-state index in [-0.39, 0.29) is 0 Å². The largest absolute Gasteiger partial charge is 0.310 e. The number of thiophene rings is 1. The summed E-state index contributed by atoms with van der Waals surface area (Å²) in [5.74, 6) is 0. The van der Waals surface area contributed by atoms with Crippen molar-refractivity contribution in [2.24, 2.45) is 0 Å². The fourth-order valence-electron chi connectivity index (χ4n) is 7.78. The molecule has 56 heavy (non-hydrogen) atoms. The third kappa shape index (κ3) is 6.57. The molecule has 0 bridgehead atoms. The predicted octanol–water partition coefficient (Wildman–Crippen LogP) is 15.9. The van der Waals surface area contributed by atoms with Gasteiger partial charge < -0.3 is 4.90 Å². The van der Waals surface area contributed by atoms with Crippen LogP contribution in [0.5, 0.6) is 0 Å². The van der Waals surface area contributed by atoms with Crippen molar-refractivity contribution >= 4 is 48.6 Å². The smallest absolute Gasteiger partial charge is 0.0468 e. The Bertz CT molecular complexity index is 2850. The predicted molar refractivity (Wildman–Crippen MR) is 241 cm³/mol. The van der Waals surface area contributed by atoms with E-state index >= 15 is 0 Å². The Balaban J connectivity index is 1.04. The van der Waals surface area contributed by atoms with E-state index < -0.39 is 0 Å². The summed E-state index contributed by atoms with van der Waals surface area (Å²) in [6.07, 6.45) is 0. The molecule has 264 valence electrons. The molecule has 1 aromatic heterocycles. The molecule has 1 nitrogen and oxygen atoms in total. The first-order chi connectivity index (χ1) is 27.7. The Kier molecular flexibility index (Phi) is 8.79. The Morgan fingerprint density at radius 3 is 1.05 bits per heavy atom. The van der Waals surface area contributed by atoms with Crippen LogP contribution in [0.15, 0.2) is 224 Å². The SMILES string of the molecule is c1ccc(-c2ccc(-c3ccc(N(c4ccc(-c5cc(-c6ccccc6)cc(-c6ccccc6)c5)cc4)c4ccc5sc6ccccc6c5c4)cc3)cc2)cc1. The topological polar surface area (TPSA) is 3.24 Å². The van der Waals surface area contributed by atoms with Gasteiger partial charge in [0.05, 0.1) is 0 Å². The standard InChI is InChI=1S/C54H37NS/c1-4-12-38(13-5-1)41-20-22-42(23-21-41)43-24-28-48(29-25-43)55(50-32-33-54-52(37-50)51-18-10-11-19-53(51)56-54)49-30-26-44(27-31-49)47-35-45(39-14-6-2-7-15-39)34-46(36-47)40-16-8-3-9-17-40/h1-37H. The molecule has 10 rings (SSSR count). The van der Waals surface area contributed by atoms with Gasteiger partial charge in [0.1, 0.15) is 0 Å². The minimum absolute atomic E-state index is 1.11. The molecule has 0 fully saturated rings. The second-order valence-corrected chi connectivity index (χ2v) is 15.3. The molecule has 0 aliphatic heterocycles. The zero-order valence-corrected chi connectivity index (χ0v) is 31.5. The van der Waals surface area contributed by atoms with Crippen molar-refractivity contribution in [1.29, 1.82) is 0 Å². The zero-order chi connectivity index (χ0) is 37.3. The molecule has 0 unspecified atom stereocenters. The van der Waals surface area contributed by atoms with Crippen LogP contribution in [0.4, 0.5) is 17.1 Å². The van der Waals surface area contributed by atoms with Crippen LogP contribution in [0.25, 0.3) is 75.8 Å². The van der Waals surface area contributed by atoms with Gasteiger partial charge in [-0.2, -0.15) is 0 Å². The summed E-state index contributed by atoms with van der Waals surface area (Å²) in [7, 11) is 0. The first-order valence-electron chi connectivity index (χ1n) is 19.1. The summed E-state index contributed by atoms with van der Waals surface area (Å²) >= 11 is 1.85. The first kappa shape index (κ1) is 33.6. The molecule has 2 heteroatoms. The van der Waals surface area contributed by atoms with Crippen LogP contribution in [-0.2, 0) is 0 Å². The molecule has 9 aromatic carbocycles. The molecule has 0 amide bonds. The number of anilines is 3. The third-order valence-electron chi connectivity index (χ3n) is 10.7. The lowest BCUT2D eigenvalue weighted by Crippen LogP contribution is -2.09. The van der Waals surface area contributed by atoms with E-state index in [1.165, 1.54) is 75.8 Å². The highest BCUT2D eigenvalue weighted by atomic mass is 32.1. The summed E-state index contributed by atoms with van der Waals surface area (Å²) < 4.78 is 2.61. The van der Waals surface area contributed by atoms with E-state index in [1.807, 2.05) is 11.3 Å². The molecular formula is C54H37NS. The second-order valence-electron chi connectivity index (χ2n) is 14.2. The van der Waals surface area contributed by atoms with Crippen molar-refractivity contribution in [2.75, 3.05) is 4.90 Å². The van der Waals surface area contributed by atoms with E-state index in [1.54, 1.807) is 0 Å². The van der Waals surface area contributed by atoms with E-state index in [4.69, 9.17) is 0 Å².